The lowest BCUT2D eigenvalue weighted by Crippen LogP contribution is -2.49. The molecule has 1 aliphatic rings. The molecule has 1 rings (SSSR count). The lowest BCUT2D eigenvalue weighted by Gasteiger charge is -2.30. The molecule has 19 heavy (non-hydrogen) atoms. The Morgan fingerprint density at radius 2 is 1.63 bits per heavy atom. The highest BCUT2D eigenvalue weighted by atomic mass is 32.2. The standard InChI is InChI=1S/C12H26N2O4S/c1-3-17-7-5-14(6-8-18-4-2)12-10-19(15,16)9-11(12)13/h11-12H,3-10,13H2,1-2H3. The third kappa shape index (κ3) is 5.74. The van der Waals surface area contributed by atoms with Gasteiger partial charge >= 0.3 is 0 Å². The van der Waals surface area contributed by atoms with Crippen molar-refractivity contribution in [1.29, 1.82) is 0 Å². The number of sulfone groups is 1. The van der Waals surface area contributed by atoms with Gasteiger partial charge in [0.25, 0.3) is 0 Å². The molecule has 1 fully saturated rings. The minimum Gasteiger partial charge on any atom is -0.380 e. The fourth-order valence-corrected chi connectivity index (χ4v) is 4.25. The molecule has 0 aromatic heterocycles. The third-order valence-electron chi connectivity index (χ3n) is 3.29. The normalized spacial score (nSPS) is 26.1. The van der Waals surface area contributed by atoms with E-state index >= 15 is 0 Å². The second-order valence-corrected chi connectivity index (χ2v) is 6.89. The van der Waals surface area contributed by atoms with Crippen molar-refractivity contribution in [2.24, 2.45) is 5.73 Å². The SMILES string of the molecule is CCOCCN(CCOCC)C1CS(=O)(=O)CC1N. The van der Waals surface area contributed by atoms with E-state index in [1.165, 1.54) is 0 Å². The Kier molecular flexibility index (Phi) is 7.23. The van der Waals surface area contributed by atoms with Gasteiger partial charge in [-0.15, -0.1) is 0 Å². The summed E-state index contributed by atoms with van der Waals surface area (Å²) in [5.41, 5.74) is 5.96. The van der Waals surface area contributed by atoms with E-state index in [1.54, 1.807) is 0 Å². The van der Waals surface area contributed by atoms with Crippen LogP contribution in [0.25, 0.3) is 0 Å². The Balaban J connectivity index is 2.56. The highest BCUT2D eigenvalue weighted by Crippen LogP contribution is 2.16. The maximum atomic E-state index is 11.6. The van der Waals surface area contributed by atoms with Crippen LogP contribution in [0.5, 0.6) is 0 Å². The molecule has 114 valence electrons. The van der Waals surface area contributed by atoms with Crippen molar-refractivity contribution < 1.29 is 17.9 Å². The van der Waals surface area contributed by atoms with Crippen LogP contribution >= 0.6 is 0 Å². The largest absolute Gasteiger partial charge is 0.380 e. The van der Waals surface area contributed by atoms with Gasteiger partial charge in [-0.2, -0.15) is 0 Å². The van der Waals surface area contributed by atoms with E-state index in [9.17, 15) is 8.42 Å². The van der Waals surface area contributed by atoms with E-state index in [1.807, 2.05) is 13.8 Å². The lowest BCUT2D eigenvalue weighted by atomic mass is 10.1. The van der Waals surface area contributed by atoms with Crippen molar-refractivity contribution in [3.63, 3.8) is 0 Å². The summed E-state index contributed by atoms with van der Waals surface area (Å²) in [6, 6.07) is -0.431. The second kappa shape index (κ2) is 8.16. The summed E-state index contributed by atoms with van der Waals surface area (Å²) < 4.78 is 34.0. The molecule has 2 unspecified atom stereocenters. The molecule has 2 N–H and O–H groups in total. The molecular weight excluding hydrogens is 268 g/mol. The van der Waals surface area contributed by atoms with E-state index in [4.69, 9.17) is 15.2 Å². The minimum absolute atomic E-state index is 0.0808. The van der Waals surface area contributed by atoms with Gasteiger partial charge in [-0.3, -0.25) is 4.90 Å². The van der Waals surface area contributed by atoms with Crippen molar-refractivity contribution in [1.82, 2.24) is 4.90 Å². The summed E-state index contributed by atoms with van der Waals surface area (Å²) in [4.78, 5) is 2.08. The fraction of sp³-hybridized carbons (Fsp3) is 1.00. The third-order valence-corrected chi connectivity index (χ3v) is 5.03. The predicted molar refractivity (Wildman–Crippen MR) is 75.0 cm³/mol. The number of nitrogens with two attached hydrogens (primary N) is 1. The number of ether oxygens (including phenoxy) is 2. The molecule has 6 nitrogen and oxygen atoms in total. The molecule has 0 saturated carbocycles. The van der Waals surface area contributed by atoms with Gasteiger partial charge in [0.1, 0.15) is 0 Å². The molecule has 0 amide bonds. The Morgan fingerprint density at radius 1 is 1.11 bits per heavy atom. The summed E-state index contributed by atoms with van der Waals surface area (Å²) in [6.07, 6.45) is 0. The number of hydrogen-bond donors (Lipinski definition) is 1. The molecule has 2 atom stereocenters. The monoisotopic (exact) mass is 294 g/mol. The van der Waals surface area contributed by atoms with Crippen LogP contribution in [-0.2, 0) is 19.3 Å². The molecule has 7 heteroatoms. The van der Waals surface area contributed by atoms with Gasteiger partial charge in [0.2, 0.25) is 0 Å². The summed E-state index contributed by atoms with van der Waals surface area (Å²) >= 11 is 0. The zero-order chi connectivity index (χ0) is 14.3. The van der Waals surface area contributed by atoms with Crippen molar-refractivity contribution in [2.75, 3.05) is 51.0 Å². The first-order valence-electron chi connectivity index (χ1n) is 6.85. The second-order valence-electron chi connectivity index (χ2n) is 4.74. The van der Waals surface area contributed by atoms with Crippen LogP contribution in [0.15, 0.2) is 0 Å². The van der Waals surface area contributed by atoms with Gasteiger partial charge in [0.05, 0.1) is 24.7 Å². The molecule has 1 aliphatic heterocycles. The van der Waals surface area contributed by atoms with Crippen molar-refractivity contribution in [3.05, 3.63) is 0 Å². The van der Waals surface area contributed by atoms with Gasteiger partial charge < -0.3 is 15.2 Å². The zero-order valence-electron chi connectivity index (χ0n) is 11.9. The van der Waals surface area contributed by atoms with Crippen LogP contribution in [0.4, 0.5) is 0 Å². The quantitative estimate of drug-likeness (QED) is 0.577. The first kappa shape index (κ1) is 16.8. The molecule has 0 spiro atoms. The summed E-state index contributed by atoms with van der Waals surface area (Å²) in [7, 11) is -3.00. The number of nitrogens with zero attached hydrogens (tertiary/aromatic N) is 1. The average molecular weight is 294 g/mol. The summed E-state index contributed by atoms with van der Waals surface area (Å²) in [5, 5.41) is 0. The van der Waals surface area contributed by atoms with Crippen LogP contribution in [-0.4, -0.2) is 76.4 Å². The van der Waals surface area contributed by atoms with E-state index in [0.29, 0.717) is 39.5 Å². The smallest absolute Gasteiger partial charge is 0.153 e. The first-order valence-corrected chi connectivity index (χ1v) is 8.67. The summed E-state index contributed by atoms with van der Waals surface area (Å²) in [5.74, 6) is 0.226. The van der Waals surface area contributed by atoms with Gasteiger partial charge in [-0.1, -0.05) is 0 Å². The first-order chi connectivity index (χ1) is 9.00. The Bertz CT molecular complexity index is 338. The predicted octanol–water partition coefficient (Wildman–Crippen LogP) is -0.514. The van der Waals surface area contributed by atoms with Crippen molar-refractivity contribution in [2.45, 2.75) is 25.9 Å². The van der Waals surface area contributed by atoms with Crippen LogP contribution in [0.2, 0.25) is 0 Å². The van der Waals surface area contributed by atoms with E-state index in [0.717, 1.165) is 0 Å². The van der Waals surface area contributed by atoms with E-state index in [2.05, 4.69) is 4.90 Å². The highest BCUT2D eigenvalue weighted by molar-refractivity contribution is 7.91. The molecular formula is C12H26N2O4S. The highest BCUT2D eigenvalue weighted by Gasteiger charge is 2.38. The lowest BCUT2D eigenvalue weighted by molar-refractivity contribution is 0.0645. The zero-order valence-corrected chi connectivity index (χ0v) is 12.7. The Morgan fingerprint density at radius 3 is 2.00 bits per heavy atom. The fourth-order valence-electron chi connectivity index (χ4n) is 2.33. The van der Waals surface area contributed by atoms with Crippen LogP contribution in [0, 0.1) is 0 Å². The van der Waals surface area contributed by atoms with Gasteiger partial charge in [-0.25, -0.2) is 8.42 Å². The molecule has 0 bridgehead atoms. The number of hydrogen-bond acceptors (Lipinski definition) is 6. The van der Waals surface area contributed by atoms with Crippen LogP contribution in [0.3, 0.4) is 0 Å². The van der Waals surface area contributed by atoms with Gasteiger partial charge in [-0.05, 0) is 13.8 Å². The Hall–Kier alpha value is -0.210. The van der Waals surface area contributed by atoms with Crippen LogP contribution < -0.4 is 5.73 Å². The van der Waals surface area contributed by atoms with Gasteiger partial charge in [0.15, 0.2) is 9.84 Å². The topological polar surface area (TPSA) is 81.9 Å². The van der Waals surface area contributed by atoms with Crippen LogP contribution in [0.1, 0.15) is 13.8 Å². The Labute approximate surface area is 116 Å². The summed E-state index contributed by atoms with van der Waals surface area (Å²) in [6.45, 7) is 7.76. The molecule has 0 aromatic rings. The molecule has 0 radical (unpaired) electrons. The number of rotatable bonds is 9. The molecule has 1 saturated heterocycles. The molecule has 0 aromatic carbocycles. The van der Waals surface area contributed by atoms with Gasteiger partial charge in [0, 0.05) is 38.4 Å². The molecule has 0 aliphatic carbocycles. The van der Waals surface area contributed by atoms with Crippen molar-refractivity contribution >= 4 is 9.84 Å². The minimum atomic E-state index is -3.00. The maximum absolute atomic E-state index is 11.6. The van der Waals surface area contributed by atoms with Crippen molar-refractivity contribution in [3.8, 4) is 0 Å². The maximum Gasteiger partial charge on any atom is 0.153 e. The molecule has 1 heterocycles. The van der Waals surface area contributed by atoms with E-state index in [-0.39, 0.29) is 23.6 Å². The van der Waals surface area contributed by atoms with E-state index < -0.39 is 9.84 Å². The average Bonchev–Trinajstić information content (AvgIpc) is 2.61.